The van der Waals surface area contributed by atoms with E-state index in [4.69, 9.17) is 5.14 Å². The molecule has 0 bridgehead atoms. The molecule has 5 N–H and O–H groups in total. The summed E-state index contributed by atoms with van der Waals surface area (Å²) in [6.07, 6.45) is 2.03. The van der Waals surface area contributed by atoms with Gasteiger partial charge in [-0.05, 0) is 69.4 Å². The van der Waals surface area contributed by atoms with Crippen molar-refractivity contribution in [2.45, 2.75) is 23.8 Å². The zero-order valence-corrected chi connectivity index (χ0v) is 19.9. The van der Waals surface area contributed by atoms with Crippen molar-refractivity contribution in [3.8, 4) is 0 Å². The Morgan fingerprint density at radius 1 is 1.12 bits per heavy atom. The predicted octanol–water partition coefficient (Wildman–Crippen LogP) is 2.63. The summed E-state index contributed by atoms with van der Waals surface area (Å²) in [7, 11) is 0.247. The second kappa shape index (κ2) is 9.45. The van der Waals surface area contributed by atoms with Crippen molar-refractivity contribution in [1.29, 1.82) is 0 Å². The molecule has 180 valence electrons. The third-order valence-corrected chi connectivity index (χ3v) is 6.93. The summed E-state index contributed by atoms with van der Waals surface area (Å²) in [6, 6.07) is 12.5. The van der Waals surface area contributed by atoms with E-state index in [9.17, 15) is 18.0 Å². The quantitative estimate of drug-likeness (QED) is 0.441. The van der Waals surface area contributed by atoms with Crippen molar-refractivity contribution in [3.63, 3.8) is 0 Å². The number of nitrogens with two attached hydrogens (primary N) is 1. The van der Waals surface area contributed by atoms with E-state index >= 15 is 0 Å². The molecule has 0 saturated carbocycles. The molecule has 1 unspecified atom stereocenters. The van der Waals surface area contributed by atoms with Crippen LogP contribution in [0, 0.1) is 0 Å². The molecule has 2 aromatic carbocycles. The lowest BCUT2D eigenvalue weighted by atomic mass is 10.0. The van der Waals surface area contributed by atoms with Crippen LogP contribution in [0.4, 0.5) is 16.2 Å². The van der Waals surface area contributed by atoms with Crippen LogP contribution in [-0.4, -0.2) is 68.4 Å². The first-order chi connectivity index (χ1) is 16.1. The molecule has 0 spiro atoms. The van der Waals surface area contributed by atoms with Crippen molar-refractivity contribution < 1.29 is 18.0 Å². The predicted molar refractivity (Wildman–Crippen MR) is 131 cm³/mol. The number of sulfonamides is 1. The first-order valence-corrected chi connectivity index (χ1v) is 12.4. The smallest absolute Gasteiger partial charge is 0.323 e. The van der Waals surface area contributed by atoms with Gasteiger partial charge in [-0.3, -0.25) is 4.79 Å². The monoisotopic (exact) mass is 484 g/mol. The summed E-state index contributed by atoms with van der Waals surface area (Å²) in [4.78, 5) is 32.8. The van der Waals surface area contributed by atoms with E-state index in [1.165, 1.54) is 24.3 Å². The van der Waals surface area contributed by atoms with Gasteiger partial charge in [0.1, 0.15) is 5.69 Å². The van der Waals surface area contributed by atoms with Crippen LogP contribution in [0.15, 0.2) is 53.4 Å². The molecule has 1 aliphatic heterocycles. The lowest BCUT2D eigenvalue weighted by Crippen LogP contribution is -2.47. The highest BCUT2D eigenvalue weighted by molar-refractivity contribution is 7.89. The van der Waals surface area contributed by atoms with Crippen LogP contribution in [0.2, 0.25) is 0 Å². The van der Waals surface area contributed by atoms with E-state index in [1.807, 2.05) is 25.1 Å². The Hall–Kier alpha value is -3.41. The maximum absolute atomic E-state index is 13.1. The molecule has 3 amide bonds. The molecular formula is C23H28N6O4S. The second-order valence-electron chi connectivity index (χ2n) is 8.61. The molecule has 34 heavy (non-hydrogen) atoms. The number of hydrogen-bond acceptors (Lipinski definition) is 5. The van der Waals surface area contributed by atoms with Crippen molar-refractivity contribution in [3.05, 3.63) is 54.2 Å². The van der Waals surface area contributed by atoms with Gasteiger partial charge in [0.15, 0.2) is 0 Å². The number of nitrogens with one attached hydrogen (secondary N) is 3. The van der Waals surface area contributed by atoms with E-state index in [2.05, 4.69) is 20.5 Å². The van der Waals surface area contributed by atoms with Gasteiger partial charge in [0.2, 0.25) is 10.0 Å². The number of likely N-dealkylation sites (tertiary alicyclic amines) is 1. The van der Waals surface area contributed by atoms with Crippen molar-refractivity contribution >= 4 is 44.2 Å². The zero-order chi connectivity index (χ0) is 24.5. The highest BCUT2D eigenvalue weighted by Gasteiger charge is 2.26. The van der Waals surface area contributed by atoms with Crippen LogP contribution >= 0.6 is 0 Å². The van der Waals surface area contributed by atoms with Crippen molar-refractivity contribution in [1.82, 2.24) is 14.8 Å². The Morgan fingerprint density at radius 3 is 2.53 bits per heavy atom. The van der Waals surface area contributed by atoms with Crippen LogP contribution < -0.4 is 15.8 Å². The van der Waals surface area contributed by atoms with Gasteiger partial charge in [-0.2, -0.15) is 0 Å². The highest BCUT2D eigenvalue weighted by atomic mass is 32.2. The lowest BCUT2D eigenvalue weighted by molar-refractivity contribution is 0.0630. The number of carbonyl (C=O) groups is 2. The SMILES string of the molecule is CN(C)C1CCCN(C(=O)c2cc3c(NC(=O)Nc4ccc(S(N)(=O)=O)cc4)cccc3[nH]2)C1. The molecule has 0 aliphatic carbocycles. The minimum absolute atomic E-state index is 0.0432. The summed E-state index contributed by atoms with van der Waals surface area (Å²) >= 11 is 0. The minimum Gasteiger partial charge on any atom is -0.350 e. The van der Waals surface area contributed by atoms with E-state index in [0.717, 1.165) is 24.9 Å². The maximum Gasteiger partial charge on any atom is 0.323 e. The maximum atomic E-state index is 13.1. The molecule has 2 heterocycles. The number of rotatable bonds is 5. The van der Waals surface area contributed by atoms with Gasteiger partial charge >= 0.3 is 6.03 Å². The van der Waals surface area contributed by atoms with Crippen LogP contribution in [-0.2, 0) is 10.0 Å². The molecule has 1 atom stereocenters. The number of aromatic amines is 1. The standard InChI is InChI=1S/C23H28N6O4S/c1-28(2)16-5-4-12-29(14-16)22(30)21-13-18-19(26-21)6-3-7-20(18)27-23(31)25-15-8-10-17(11-9-15)34(24,32)33/h3,6-11,13,16,26H,4-5,12,14H2,1-2H3,(H2,24,32,33)(H2,25,27,31). The molecule has 1 aliphatic rings. The first-order valence-electron chi connectivity index (χ1n) is 10.9. The molecule has 0 radical (unpaired) electrons. The number of urea groups is 1. The summed E-state index contributed by atoms with van der Waals surface area (Å²) < 4.78 is 22.7. The number of likely N-dealkylation sites (N-methyl/N-ethyl adjacent to an activating group) is 1. The third-order valence-electron chi connectivity index (χ3n) is 6.00. The number of carbonyl (C=O) groups excluding carboxylic acids is 2. The van der Waals surface area contributed by atoms with Gasteiger partial charge in [-0.1, -0.05) is 6.07 Å². The third kappa shape index (κ3) is 5.22. The lowest BCUT2D eigenvalue weighted by Gasteiger charge is -2.35. The van der Waals surface area contributed by atoms with E-state index < -0.39 is 16.1 Å². The van der Waals surface area contributed by atoms with E-state index in [1.54, 1.807) is 18.2 Å². The largest absolute Gasteiger partial charge is 0.350 e. The Labute approximate surface area is 198 Å². The number of primary sulfonamides is 1. The Balaban J connectivity index is 1.48. The van der Waals surface area contributed by atoms with Gasteiger partial charge in [0.25, 0.3) is 5.91 Å². The molecule has 4 rings (SSSR count). The van der Waals surface area contributed by atoms with Gasteiger partial charge in [-0.15, -0.1) is 0 Å². The summed E-state index contributed by atoms with van der Waals surface area (Å²) in [5, 5.41) is 11.3. The van der Waals surface area contributed by atoms with E-state index in [-0.39, 0.29) is 10.8 Å². The molecule has 1 saturated heterocycles. The Kier molecular flexibility index (Phi) is 6.60. The van der Waals surface area contributed by atoms with Crippen LogP contribution in [0.1, 0.15) is 23.3 Å². The molecule has 11 heteroatoms. The normalized spacial score (nSPS) is 16.6. The minimum atomic E-state index is -3.81. The summed E-state index contributed by atoms with van der Waals surface area (Å²) in [5.41, 5.74) is 2.15. The number of hydrogen-bond donors (Lipinski definition) is 4. The number of nitrogens with zero attached hydrogens (tertiary/aromatic N) is 2. The number of anilines is 2. The highest BCUT2D eigenvalue weighted by Crippen LogP contribution is 2.26. The zero-order valence-electron chi connectivity index (χ0n) is 19.0. The second-order valence-corrected chi connectivity index (χ2v) is 10.2. The fraction of sp³-hybridized carbons (Fsp3) is 0.304. The van der Waals surface area contributed by atoms with Gasteiger partial charge in [0.05, 0.1) is 10.6 Å². The number of fused-ring (bicyclic) bond motifs is 1. The van der Waals surface area contributed by atoms with Gasteiger partial charge < -0.3 is 25.4 Å². The molecular weight excluding hydrogens is 456 g/mol. The molecule has 1 fully saturated rings. The number of H-pyrrole nitrogens is 1. The molecule has 10 nitrogen and oxygen atoms in total. The Morgan fingerprint density at radius 2 is 1.85 bits per heavy atom. The fourth-order valence-electron chi connectivity index (χ4n) is 4.12. The Bertz CT molecular complexity index is 1320. The number of benzene rings is 2. The van der Waals surface area contributed by atoms with Crippen molar-refractivity contribution in [2.75, 3.05) is 37.8 Å². The van der Waals surface area contributed by atoms with Crippen molar-refractivity contribution in [2.24, 2.45) is 5.14 Å². The molecule has 1 aromatic heterocycles. The van der Waals surface area contributed by atoms with Crippen LogP contribution in [0.5, 0.6) is 0 Å². The average molecular weight is 485 g/mol. The molecule has 3 aromatic rings. The van der Waals surface area contributed by atoms with Crippen LogP contribution in [0.3, 0.4) is 0 Å². The van der Waals surface area contributed by atoms with Gasteiger partial charge in [-0.25, -0.2) is 18.4 Å². The average Bonchev–Trinajstić information content (AvgIpc) is 3.24. The summed E-state index contributed by atoms with van der Waals surface area (Å²) in [5.74, 6) is -0.0619. The number of aromatic nitrogens is 1. The van der Waals surface area contributed by atoms with E-state index in [0.29, 0.717) is 35.0 Å². The first kappa shape index (κ1) is 23.7. The number of amides is 3. The summed E-state index contributed by atoms with van der Waals surface area (Å²) in [6.45, 7) is 1.40. The van der Waals surface area contributed by atoms with Gasteiger partial charge in [0, 0.05) is 35.7 Å². The number of piperidine rings is 1. The van der Waals surface area contributed by atoms with Crippen LogP contribution in [0.25, 0.3) is 10.9 Å². The fourth-order valence-corrected chi connectivity index (χ4v) is 4.64. The topological polar surface area (TPSA) is 141 Å².